The van der Waals surface area contributed by atoms with E-state index in [9.17, 15) is 0 Å². The van der Waals surface area contributed by atoms with Crippen LogP contribution in [0.5, 0.6) is 0 Å². The van der Waals surface area contributed by atoms with E-state index in [0.29, 0.717) is 0 Å². The fourth-order valence-corrected chi connectivity index (χ4v) is 4.23. The first-order chi connectivity index (χ1) is 13.2. The lowest BCUT2D eigenvalue weighted by molar-refractivity contribution is -2.00. The number of hydrogen-bond acceptors (Lipinski definition) is 6. The molecule has 0 spiro atoms. The second-order valence-electron chi connectivity index (χ2n) is 6.05. The van der Waals surface area contributed by atoms with Gasteiger partial charge < -0.3 is 0 Å². The van der Waals surface area contributed by atoms with Gasteiger partial charge in [0, 0.05) is 18.6 Å². The minimum absolute atomic E-state index is 1.04. The van der Waals surface area contributed by atoms with E-state index in [1.165, 1.54) is 27.4 Å². The number of aryl methyl sites for hydroxylation is 2. The van der Waals surface area contributed by atoms with E-state index in [2.05, 4.69) is 85.0 Å². The van der Waals surface area contributed by atoms with Gasteiger partial charge in [0.25, 0.3) is 0 Å². The van der Waals surface area contributed by atoms with Crippen LogP contribution in [-0.2, 0) is 0 Å². The Balaban J connectivity index is 0.000000403. The summed E-state index contributed by atoms with van der Waals surface area (Å²) in [4.78, 5) is 7.05. The molecule has 0 aliphatic heterocycles. The Morgan fingerprint density at radius 1 is 0.821 bits per heavy atom. The first-order valence-corrected chi connectivity index (χ1v) is 10.3. The lowest BCUT2D eigenvalue weighted by Gasteiger charge is -2.17. The maximum Gasteiger partial charge on any atom is 0.388 e. The van der Waals surface area contributed by atoms with Gasteiger partial charge >= 0.3 is 4.96 Å². The standard InChI is InChI=1S/C20H17N2S.ClHO4/c1-14-13-15(2)22-18(16-9-5-3-6-10-16)19(23-20(22)21-14)17-11-7-4-8-12-17;2-1(3,4)5/h3-13H,1-2H3;(H,2,3,4,5)/q+1;/p-1. The predicted molar refractivity (Wildman–Crippen MR) is 95.6 cm³/mol. The van der Waals surface area contributed by atoms with Crippen LogP contribution in [0.15, 0.2) is 66.7 Å². The topological polar surface area (TPSA) is 109 Å². The molecule has 0 aliphatic carbocycles. The molecule has 8 heteroatoms. The van der Waals surface area contributed by atoms with Gasteiger partial charge in [-0.25, -0.2) is 18.6 Å². The number of benzene rings is 2. The van der Waals surface area contributed by atoms with E-state index in [1.807, 2.05) is 0 Å². The van der Waals surface area contributed by atoms with Crippen LogP contribution in [0.2, 0.25) is 0 Å². The first-order valence-electron chi connectivity index (χ1n) is 8.29. The number of halogens is 1. The lowest BCUT2D eigenvalue weighted by atomic mass is 10.1. The molecule has 0 amide bonds. The van der Waals surface area contributed by atoms with Crippen molar-refractivity contribution in [2.24, 2.45) is 0 Å². The highest BCUT2D eigenvalue weighted by Crippen LogP contribution is 2.35. The predicted octanol–water partition coefficient (Wildman–Crippen LogP) is 0.0766. The molecule has 2 aromatic heterocycles. The average molecular weight is 417 g/mol. The Kier molecular flexibility index (Phi) is 6.04. The van der Waals surface area contributed by atoms with Gasteiger partial charge in [0.1, 0.15) is 5.69 Å². The summed E-state index contributed by atoms with van der Waals surface area (Å²) < 4.78 is 36.2. The van der Waals surface area contributed by atoms with Crippen molar-refractivity contribution in [3.05, 3.63) is 78.1 Å². The van der Waals surface area contributed by atoms with Crippen molar-refractivity contribution in [3.8, 4) is 21.7 Å². The first kappa shape index (κ1) is 20.3. The van der Waals surface area contributed by atoms with Crippen LogP contribution >= 0.6 is 11.3 Å². The SMILES string of the molecule is Cc1cc(C)[n+]2c(-c3ccccc3)c(-c3ccccc3)sc2n1.[O-][Cl+3]([O-])([O-])[O-]. The summed E-state index contributed by atoms with van der Waals surface area (Å²) in [7, 11) is -4.94. The summed E-state index contributed by atoms with van der Waals surface area (Å²) >= 11 is 1.75. The largest absolute Gasteiger partial charge is 0.388 e. The Hall–Kier alpha value is -2.39. The summed E-state index contributed by atoms with van der Waals surface area (Å²) in [5.41, 5.74) is 5.95. The van der Waals surface area contributed by atoms with Gasteiger partial charge in [-0.15, -0.1) is 10.2 Å². The average Bonchev–Trinajstić information content (AvgIpc) is 3.01. The third-order valence-corrected chi connectivity index (χ3v) is 5.04. The quantitative estimate of drug-likeness (QED) is 0.430. The van der Waals surface area contributed by atoms with Gasteiger partial charge in [0.15, 0.2) is 11.4 Å². The van der Waals surface area contributed by atoms with Crippen LogP contribution in [0.3, 0.4) is 0 Å². The minimum Gasteiger partial charge on any atom is -0.222 e. The van der Waals surface area contributed by atoms with Crippen molar-refractivity contribution in [2.75, 3.05) is 0 Å². The summed E-state index contributed by atoms with van der Waals surface area (Å²) in [6, 6.07) is 23.3. The van der Waals surface area contributed by atoms with Crippen LogP contribution < -0.4 is 23.0 Å². The number of fused-ring (bicyclic) bond motifs is 1. The van der Waals surface area contributed by atoms with Gasteiger partial charge in [-0.3, -0.25) is 0 Å². The zero-order chi connectivity index (χ0) is 20.3. The molecule has 0 atom stereocenters. The third kappa shape index (κ3) is 4.90. The van der Waals surface area contributed by atoms with Crippen molar-refractivity contribution in [2.45, 2.75) is 13.8 Å². The number of hydrogen-bond donors (Lipinski definition) is 0. The summed E-state index contributed by atoms with van der Waals surface area (Å²) in [6.45, 7) is 4.20. The smallest absolute Gasteiger partial charge is 0.222 e. The molecule has 4 aromatic rings. The fraction of sp³-hybridized carbons (Fsp3) is 0.100. The lowest BCUT2D eigenvalue weighted by Crippen LogP contribution is -2.68. The summed E-state index contributed by atoms with van der Waals surface area (Å²) in [5, 5.41) is 0. The van der Waals surface area contributed by atoms with Crippen molar-refractivity contribution in [1.82, 2.24) is 4.98 Å². The molecule has 0 radical (unpaired) electrons. The zero-order valence-corrected chi connectivity index (χ0v) is 16.7. The van der Waals surface area contributed by atoms with Gasteiger partial charge in [-0.2, -0.15) is 4.40 Å². The van der Waals surface area contributed by atoms with Crippen LogP contribution in [-0.4, -0.2) is 4.98 Å². The highest BCUT2D eigenvalue weighted by Gasteiger charge is 2.24. The monoisotopic (exact) mass is 416 g/mol. The van der Waals surface area contributed by atoms with Gasteiger partial charge in [0.2, 0.25) is 0 Å². The van der Waals surface area contributed by atoms with Crippen LogP contribution in [0.4, 0.5) is 0 Å². The molecule has 6 nitrogen and oxygen atoms in total. The molecule has 0 N–H and O–H groups in total. The van der Waals surface area contributed by atoms with Crippen molar-refractivity contribution < 1.29 is 33.3 Å². The molecule has 0 unspecified atom stereocenters. The third-order valence-electron chi connectivity index (χ3n) is 3.95. The van der Waals surface area contributed by atoms with Gasteiger partial charge in [-0.05, 0) is 28.8 Å². The van der Waals surface area contributed by atoms with E-state index in [0.717, 1.165) is 10.7 Å². The zero-order valence-electron chi connectivity index (χ0n) is 15.2. The maximum absolute atomic E-state index is 8.49. The second kappa shape index (κ2) is 8.32. The molecule has 0 aliphatic rings. The van der Waals surface area contributed by atoms with Gasteiger partial charge in [-0.1, -0.05) is 60.7 Å². The maximum atomic E-state index is 8.49. The van der Waals surface area contributed by atoms with Crippen LogP contribution in [0.1, 0.15) is 11.4 Å². The van der Waals surface area contributed by atoms with E-state index in [-0.39, 0.29) is 0 Å². The number of rotatable bonds is 2. The highest BCUT2D eigenvalue weighted by molar-refractivity contribution is 7.20. The van der Waals surface area contributed by atoms with E-state index < -0.39 is 10.2 Å². The molecule has 0 bridgehead atoms. The normalized spacial score (nSPS) is 11.2. The van der Waals surface area contributed by atoms with Crippen LogP contribution in [0.25, 0.3) is 26.7 Å². The molecule has 0 fully saturated rings. The van der Waals surface area contributed by atoms with E-state index >= 15 is 0 Å². The molecule has 2 heterocycles. The Morgan fingerprint density at radius 2 is 1.32 bits per heavy atom. The second-order valence-corrected chi connectivity index (χ2v) is 7.78. The molecular weight excluding hydrogens is 400 g/mol. The fourth-order valence-electron chi connectivity index (χ4n) is 2.97. The highest BCUT2D eigenvalue weighted by atomic mass is 35.7. The Bertz CT molecular complexity index is 1070. The summed E-state index contributed by atoms with van der Waals surface area (Å²) in [5.74, 6) is 0. The Morgan fingerprint density at radius 3 is 1.86 bits per heavy atom. The van der Waals surface area contributed by atoms with E-state index in [1.54, 1.807) is 11.3 Å². The van der Waals surface area contributed by atoms with Crippen molar-refractivity contribution >= 4 is 16.3 Å². The molecular formula is C20H17ClN2O4S. The number of thiazole rings is 1. The van der Waals surface area contributed by atoms with Crippen molar-refractivity contribution in [1.29, 1.82) is 0 Å². The van der Waals surface area contributed by atoms with Crippen LogP contribution in [0, 0.1) is 24.1 Å². The van der Waals surface area contributed by atoms with Gasteiger partial charge in [0.05, 0.1) is 4.88 Å². The minimum atomic E-state index is -4.94. The Labute approximate surface area is 168 Å². The molecule has 0 saturated heterocycles. The van der Waals surface area contributed by atoms with Crippen molar-refractivity contribution in [3.63, 3.8) is 0 Å². The summed E-state index contributed by atoms with van der Waals surface area (Å²) in [6.07, 6.45) is 0. The molecule has 28 heavy (non-hydrogen) atoms. The molecule has 4 rings (SSSR count). The number of nitrogens with zero attached hydrogens (tertiary/aromatic N) is 2. The molecule has 0 saturated carbocycles. The molecule has 2 aromatic carbocycles. The molecule has 144 valence electrons. The number of aromatic nitrogens is 2. The van der Waals surface area contributed by atoms with E-state index in [4.69, 9.17) is 23.6 Å².